The van der Waals surface area contributed by atoms with Crippen LogP contribution < -0.4 is 14.8 Å². The summed E-state index contributed by atoms with van der Waals surface area (Å²) in [6, 6.07) is 7.42. The molecule has 0 amide bonds. The Kier molecular flexibility index (Phi) is 5.09. The summed E-state index contributed by atoms with van der Waals surface area (Å²) in [4.78, 5) is 4.30. The van der Waals surface area contributed by atoms with Crippen LogP contribution in [0.2, 0.25) is 5.02 Å². The van der Waals surface area contributed by atoms with Gasteiger partial charge in [0, 0.05) is 16.7 Å². The molecule has 0 aliphatic heterocycles. The van der Waals surface area contributed by atoms with Gasteiger partial charge < -0.3 is 14.8 Å². The fourth-order valence-electron chi connectivity index (χ4n) is 1.79. The maximum Gasteiger partial charge on any atom is 0.184 e. The molecule has 0 aliphatic carbocycles. The molecule has 20 heavy (non-hydrogen) atoms. The van der Waals surface area contributed by atoms with Gasteiger partial charge in [-0.15, -0.1) is 0 Å². The standard InChI is InChI=1S/C14H14BrClN2O2/c1-19-13-5-6-17-12(14(13)20-2)8-18-11-4-3-9(15)7-10(11)16/h3-7,18H,8H2,1-2H3. The number of aromatic nitrogens is 1. The Morgan fingerprint density at radius 2 is 2.05 bits per heavy atom. The van der Waals surface area contributed by atoms with Gasteiger partial charge in [0.15, 0.2) is 11.5 Å². The summed E-state index contributed by atoms with van der Waals surface area (Å²) in [7, 11) is 3.19. The highest BCUT2D eigenvalue weighted by atomic mass is 79.9. The molecule has 4 nitrogen and oxygen atoms in total. The number of anilines is 1. The monoisotopic (exact) mass is 356 g/mol. The molecule has 0 saturated carbocycles. The lowest BCUT2D eigenvalue weighted by molar-refractivity contribution is 0.350. The van der Waals surface area contributed by atoms with Crippen molar-refractivity contribution in [1.82, 2.24) is 4.98 Å². The van der Waals surface area contributed by atoms with Gasteiger partial charge in [-0.1, -0.05) is 27.5 Å². The number of halogens is 2. The summed E-state index contributed by atoms with van der Waals surface area (Å²) >= 11 is 9.53. The van der Waals surface area contributed by atoms with Gasteiger partial charge in [0.25, 0.3) is 0 Å². The zero-order valence-electron chi connectivity index (χ0n) is 11.1. The molecule has 1 N–H and O–H groups in total. The van der Waals surface area contributed by atoms with E-state index in [9.17, 15) is 0 Å². The van der Waals surface area contributed by atoms with Crippen LogP contribution in [0.25, 0.3) is 0 Å². The van der Waals surface area contributed by atoms with Crippen molar-refractivity contribution in [2.24, 2.45) is 0 Å². The highest BCUT2D eigenvalue weighted by molar-refractivity contribution is 9.10. The van der Waals surface area contributed by atoms with Gasteiger partial charge in [-0.2, -0.15) is 0 Å². The van der Waals surface area contributed by atoms with E-state index in [1.54, 1.807) is 26.5 Å². The Balaban J connectivity index is 2.18. The first-order valence-corrected chi connectivity index (χ1v) is 7.07. The first kappa shape index (κ1) is 14.9. The van der Waals surface area contributed by atoms with Crippen LogP contribution in [0.3, 0.4) is 0 Å². The lowest BCUT2D eigenvalue weighted by Crippen LogP contribution is -2.05. The molecule has 0 fully saturated rings. The molecule has 0 atom stereocenters. The Hall–Kier alpha value is -1.46. The van der Waals surface area contributed by atoms with Crippen molar-refractivity contribution < 1.29 is 9.47 Å². The van der Waals surface area contributed by atoms with Gasteiger partial charge in [-0.05, 0) is 18.2 Å². The third kappa shape index (κ3) is 3.35. The van der Waals surface area contributed by atoms with Gasteiger partial charge in [0.2, 0.25) is 0 Å². The molecule has 0 spiro atoms. The van der Waals surface area contributed by atoms with Gasteiger partial charge in [0.05, 0.1) is 31.5 Å². The predicted octanol–water partition coefficient (Wildman–Crippen LogP) is 4.13. The smallest absolute Gasteiger partial charge is 0.184 e. The first-order chi connectivity index (χ1) is 9.65. The molecule has 1 aromatic carbocycles. The van der Waals surface area contributed by atoms with E-state index in [0.29, 0.717) is 23.1 Å². The Bertz CT molecular complexity index is 608. The van der Waals surface area contributed by atoms with Gasteiger partial charge in [-0.25, -0.2) is 0 Å². The lowest BCUT2D eigenvalue weighted by Gasteiger charge is -2.13. The number of nitrogens with one attached hydrogen (secondary N) is 1. The minimum Gasteiger partial charge on any atom is -0.493 e. The van der Waals surface area contributed by atoms with Crippen LogP contribution in [0.15, 0.2) is 34.9 Å². The first-order valence-electron chi connectivity index (χ1n) is 5.90. The highest BCUT2D eigenvalue weighted by Crippen LogP contribution is 2.31. The summed E-state index contributed by atoms with van der Waals surface area (Å²) in [5.41, 5.74) is 1.59. The SMILES string of the molecule is COc1ccnc(CNc2ccc(Br)cc2Cl)c1OC. The van der Waals surface area contributed by atoms with E-state index in [4.69, 9.17) is 21.1 Å². The molecule has 0 radical (unpaired) electrons. The minimum atomic E-state index is 0.488. The molecule has 0 saturated heterocycles. The normalized spacial score (nSPS) is 10.2. The van der Waals surface area contributed by atoms with E-state index in [-0.39, 0.29) is 0 Å². The zero-order chi connectivity index (χ0) is 14.5. The van der Waals surface area contributed by atoms with Gasteiger partial charge >= 0.3 is 0 Å². The molecule has 2 rings (SSSR count). The third-order valence-corrected chi connectivity index (χ3v) is 3.55. The molecule has 0 bridgehead atoms. The number of pyridine rings is 1. The van der Waals surface area contributed by atoms with Crippen LogP contribution in [-0.2, 0) is 6.54 Å². The summed E-state index contributed by atoms with van der Waals surface area (Å²) in [5, 5.41) is 3.87. The second kappa shape index (κ2) is 6.81. The lowest BCUT2D eigenvalue weighted by atomic mass is 10.2. The molecule has 106 valence electrons. The summed E-state index contributed by atoms with van der Waals surface area (Å²) in [6.07, 6.45) is 1.68. The molecule has 2 aromatic rings. The summed E-state index contributed by atoms with van der Waals surface area (Å²) in [5.74, 6) is 1.27. The maximum atomic E-state index is 6.16. The average Bonchev–Trinajstić information content (AvgIpc) is 2.45. The second-order valence-corrected chi connectivity index (χ2v) is 5.29. The van der Waals surface area contributed by atoms with Gasteiger partial charge in [-0.3, -0.25) is 4.98 Å². The van der Waals surface area contributed by atoms with Crippen molar-refractivity contribution in [2.75, 3.05) is 19.5 Å². The predicted molar refractivity (Wildman–Crippen MR) is 83.8 cm³/mol. The Morgan fingerprint density at radius 1 is 1.25 bits per heavy atom. The van der Waals surface area contributed by atoms with Crippen molar-refractivity contribution in [2.45, 2.75) is 6.54 Å². The average molecular weight is 358 g/mol. The van der Waals surface area contributed by atoms with Crippen molar-refractivity contribution in [3.05, 3.63) is 45.7 Å². The van der Waals surface area contributed by atoms with Crippen LogP contribution in [0.1, 0.15) is 5.69 Å². The molecule has 0 unspecified atom stereocenters. The van der Waals surface area contributed by atoms with E-state index in [2.05, 4.69) is 26.2 Å². The molecule has 6 heteroatoms. The number of hydrogen-bond donors (Lipinski definition) is 1. The topological polar surface area (TPSA) is 43.4 Å². The second-order valence-electron chi connectivity index (χ2n) is 3.97. The largest absolute Gasteiger partial charge is 0.493 e. The van der Waals surface area contributed by atoms with Crippen molar-refractivity contribution in [3.8, 4) is 11.5 Å². The zero-order valence-corrected chi connectivity index (χ0v) is 13.5. The number of nitrogens with zero attached hydrogens (tertiary/aromatic N) is 1. The van der Waals surface area contributed by atoms with Gasteiger partial charge in [0.1, 0.15) is 5.69 Å². The van der Waals surface area contributed by atoms with Crippen molar-refractivity contribution >= 4 is 33.2 Å². The van der Waals surface area contributed by atoms with Crippen LogP contribution in [-0.4, -0.2) is 19.2 Å². The van der Waals surface area contributed by atoms with E-state index in [1.807, 2.05) is 18.2 Å². The Labute approximate surface area is 131 Å². The van der Waals surface area contributed by atoms with E-state index in [1.165, 1.54) is 0 Å². The highest BCUT2D eigenvalue weighted by Gasteiger charge is 2.11. The van der Waals surface area contributed by atoms with Crippen molar-refractivity contribution in [3.63, 3.8) is 0 Å². The van der Waals surface area contributed by atoms with Crippen LogP contribution in [0, 0.1) is 0 Å². The molecule has 1 aromatic heterocycles. The quantitative estimate of drug-likeness (QED) is 0.874. The molecular formula is C14H14BrClN2O2. The summed E-state index contributed by atoms with van der Waals surface area (Å²) < 4.78 is 11.5. The molecule has 0 aliphatic rings. The number of rotatable bonds is 5. The fraction of sp³-hybridized carbons (Fsp3) is 0.214. The molecule has 1 heterocycles. The Morgan fingerprint density at radius 3 is 2.70 bits per heavy atom. The van der Waals surface area contributed by atoms with Crippen LogP contribution in [0.4, 0.5) is 5.69 Å². The number of methoxy groups -OCH3 is 2. The fourth-order valence-corrected chi connectivity index (χ4v) is 2.53. The summed E-state index contributed by atoms with van der Waals surface area (Å²) in [6.45, 7) is 0.488. The third-order valence-electron chi connectivity index (χ3n) is 2.74. The minimum absolute atomic E-state index is 0.488. The van der Waals surface area contributed by atoms with E-state index in [0.717, 1.165) is 15.9 Å². The van der Waals surface area contributed by atoms with Crippen molar-refractivity contribution in [1.29, 1.82) is 0 Å². The van der Waals surface area contributed by atoms with E-state index >= 15 is 0 Å². The maximum absolute atomic E-state index is 6.16. The van der Waals surface area contributed by atoms with E-state index < -0.39 is 0 Å². The number of ether oxygens (including phenoxy) is 2. The van der Waals surface area contributed by atoms with Crippen LogP contribution in [0.5, 0.6) is 11.5 Å². The molecular weight excluding hydrogens is 344 g/mol. The van der Waals surface area contributed by atoms with Crippen LogP contribution >= 0.6 is 27.5 Å². The number of benzene rings is 1. The number of hydrogen-bond acceptors (Lipinski definition) is 4.